The van der Waals surface area contributed by atoms with Gasteiger partial charge in [-0.05, 0) is 36.0 Å². The van der Waals surface area contributed by atoms with Crippen LogP contribution in [0.2, 0.25) is 0 Å². The van der Waals surface area contributed by atoms with Crippen LogP contribution in [0.25, 0.3) is 0 Å². The maximum atomic E-state index is 12.0. The molecule has 0 spiro atoms. The van der Waals surface area contributed by atoms with Crippen molar-refractivity contribution in [2.75, 3.05) is 6.61 Å². The third-order valence-corrected chi connectivity index (χ3v) is 5.67. The lowest BCUT2D eigenvalue weighted by Gasteiger charge is -2.54. The van der Waals surface area contributed by atoms with Crippen molar-refractivity contribution in [1.29, 1.82) is 0 Å². The van der Waals surface area contributed by atoms with Crippen LogP contribution in [0.4, 0.5) is 0 Å². The van der Waals surface area contributed by atoms with Crippen LogP contribution in [0.1, 0.15) is 39.5 Å². The molecule has 3 aliphatic rings. The number of hydrogen-bond acceptors (Lipinski definition) is 4. The maximum absolute atomic E-state index is 12.0. The third-order valence-electron chi connectivity index (χ3n) is 5.67. The summed E-state index contributed by atoms with van der Waals surface area (Å²) in [6.45, 7) is 4.31. The molecule has 1 aliphatic heterocycles. The highest BCUT2D eigenvalue weighted by Gasteiger charge is 2.60. The molecule has 0 amide bonds. The number of aliphatic hydroxyl groups excluding tert-OH is 1. The first-order valence-corrected chi connectivity index (χ1v) is 6.99. The number of ether oxygens (including phenoxy) is 1. The monoisotopic (exact) mass is 264 g/mol. The Bertz CT molecular complexity index is 481. The van der Waals surface area contributed by atoms with E-state index >= 15 is 0 Å². The number of rotatable bonds is 1. The minimum absolute atomic E-state index is 0.131. The van der Waals surface area contributed by atoms with Gasteiger partial charge in [-0.3, -0.25) is 4.79 Å². The predicted octanol–water partition coefficient (Wildman–Crippen LogP) is 1.82. The Kier molecular flexibility index (Phi) is 2.65. The lowest BCUT2D eigenvalue weighted by atomic mass is 9.48. The van der Waals surface area contributed by atoms with Gasteiger partial charge in [-0.25, -0.2) is 4.79 Å². The van der Waals surface area contributed by atoms with E-state index in [9.17, 15) is 14.7 Å². The molecule has 2 fully saturated rings. The van der Waals surface area contributed by atoms with E-state index in [1.54, 1.807) is 0 Å². The van der Waals surface area contributed by atoms with Crippen molar-refractivity contribution in [2.24, 2.45) is 22.7 Å². The third kappa shape index (κ3) is 1.55. The number of carbonyl (C=O) groups excluding carboxylic acids is 2. The first-order valence-electron chi connectivity index (χ1n) is 6.99. The Balaban J connectivity index is 2.08. The minimum atomic E-state index is -0.467. The fourth-order valence-corrected chi connectivity index (χ4v) is 4.63. The van der Waals surface area contributed by atoms with Gasteiger partial charge in [0.1, 0.15) is 0 Å². The summed E-state index contributed by atoms with van der Waals surface area (Å²) in [5.74, 6) is -1.06. The van der Waals surface area contributed by atoms with Gasteiger partial charge in [0.05, 0.1) is 5.92 Å². The van der Waals surface area contributed by atoms with Crippen molar-refractivity contribution in [3.63, 3.8) is 0 Å². The highest BCUT2D eigenvalue weighted by molar-refractivity contribution is 6.08. The molecule has 4 nitrogen and oxygen atoms in total. The molecule has 4 heteroatoms. The number of fused-ring (bicyclic) bond motifs is 3. The molecule has 0 aromatic carbocycles. The Hall–Kier alpha value is -1.16. The summed E-state index contributed by atoms with van der Waals surface area (Å²) in [6.07, 6.45) is 5.49. The molecule has 104 valence electrons. The van der Waals surface area contributed by atoms with E-state index in [1.165, 1.54) is 0 Å². The van der Waals surface area contributed by atoms with Crippen LogP contribution in [0, 0.1) is 22.7 Å². The second-order valence-electron chi connectivity index (χ2n) is 6.76. The molecule has 4 unspecified atom stereocenters. The number of cyclic esters (lactones) is 2. The van der Waals surface area contributed by atoms with Gasteiger partial charge in [0.15, 0.2) is 0 Å². The Morgan fingerprint density at radius 1 is 1.37 bits per heavy atom. The van der Waals surface area contributed by atoms with Crippen LogP contribution in [0.3, 0.4) is 0 Å². The summed E-state index contributed by atoms with van der Waals surface area (Å²) in [4.78, 5) is 23.7. The van der Waals surface area contributed by atoms with Crippen molar-refractivity contribution in [3.05, 3.63) is 11.6 Å². The van der Waals surface area contributed by atoms with Gasteiger partial charge in [-0.15, -0.1) is 0 Å². The summed E-state index contributed by atoms with van der Waals surface area (Å²) in [7, 11) is 0. The predicted molar refractivity (Wildman–Crippen MR) is 67.9 cm³/mol. The summed E-state index contributed by atoms with van der Waals surface area (Å²) in [6, 6.07) is 0. The van der Waals surface area contributed by atoms with Crippen molar-refractivity contribution in [3.8, 4) is 0 Å². The first kappa shape index (κ1) is 12.9. The van der Waals surface area contributed by atoms with Gasteiger partial charge in [0.2, 0.25) is 0 Å². The van der Waals surface area contributed by atoms with Gasteiger partial charge < -0.3 is 9.84 Å². The highest BCUT2D eigenvalue weighted by atomic mass is 16.6. The summed E-state index contributed by atoms with van der Waals surface area (Å²) < 4.78 is 4.82. The molecule has 1 heterocycles. The maximum Gasteiger partial charge on any atom is 0.342 e. The van der Waals surface area contributed by atoms with Crippen molar-refractivity contribution < 1.29 is 19.4 Å². The van der Waals surface area contributed by atoms with E-state index in [-0.39, 0.29) is 23.4 Å². The molecule has 0 aromatic heterocycles. The highest BCUT2D eigenvalue weighted by Crippen LogP contribution is 2.61. The van der Waals surface area contributed by atoms with Gasteiger partial charge in [-0.1, -0.05) is 26.3 Å². The lowest BCUT2D eigenvalue weighted by Crippen LogP contribution is -2.52. The molecule has 1 saturated carbocycles. The van der Waals surface area contributed by atoms with Crippen LogP contribution < -0.4 is 0 Å². The number of esters is 2. The van der Waals surface area contributed by atoms with Crippen LogP contribution in [-0.2, 0) is 14.3 Å². The zero-order valence-corrected chi connectivity index (χ0v) is 11.4. The first-order chi connectivity index (χ1) is 8.92. The van der Waals surface area contributed by atoms with Crippen LogP contribution in [0.15, 0.2) is 11.6 Å². The average molecular weight is 264 g/mol. The van der Waals surface area contributed by atoms with E-state index in [4.69, 9.17) is 4.74 Å². The van der Waals surface area contributed by atoms with E-state index in [2.05, 4.69) is 13.8 Å². The second-order valence-corrected chi connectivity index (χ2v) is 6.76. The Morgan fingerprint density at radius 2 is 2.11 bits per heavy atom. The normalized spacial score (nSPS) is 45.3. The Morgan fingerprint density at radius 3 is 2.79 bits per heavy atom. The van der Waals surface area contributed by atoms with Crippen molar-refractivity contribution in [1.82, 2.24) is 0 Å². The van der Waals surface area contributed by atoms with Crippen LogP contribution >= 0.6 is 0 Å². The minimum Gasteiger partial charge on any atom is -0.396 e. The number of aliphatic hydroxyl groups is 1. The van der Waals surface area contributed by atoms with Gasteiger partial charge in [0.25, 0.3) is 0 Å². The van der Waals surface area contributed by atoms with E-state index < -0.39 is 17.9 Å². The molecule has 3 rings (SSSR count). The average Bonchev–Trinajstić information content (AvgIpc) is 2.65. The molecule has 19 heavy (non-hydrogen) atoms. The molecule has 0 radical (unpaired) electrons. The van der Waals surface area contributed by atoms with E-state index in [1.807, 2.05) is 6.08 Å². The van der Waals surface area contributed by atoms with Gasteiger partial charge >= 0.3 is 11.9 Å². The largest absolute Gasteiger partial charge is 0.396 e. The molecular formula is C15H20O4. The lowest BCUT2D eigenvalue weighted by molar-refractivity contribution is -0.157. The number of allylic oxidation sites excluding steroid dienone is 1. The van der Waals surface area contributed by atoms with Gasteiger partial charge in [0, 0.05) is 12.2 Å². The fourth-order valence-electron chi connectivity index (χ4n) is 4.63. The summed E-state index contributed by atoms with van der Waals surface area (Å²) in [5, 5.41) is 9.76. The zero-order chi connectivity index (χ0) is 13.8. The van der Waals surface area contributed by atoms with E-state index in [0.717, 1.165) is 25.7 Å². The molecule has 2 aliphatic carbocycles. The van der Waals surface area contributed by atoms with Crippen molar-refractivity contribution >= 4 is 11.9 Å². The second kappa shape index (κ2) is 3.92. The van der Waals surface area contributed by atoms with Crippen LogP contribution in [0.5, 0.6) is 0 Å². The molecular weight excluding hydrogens is 244 g/mol. The fraction of sp³-hybridized carbons (Fsp3) is 0.733. The molecule has 1 N–H and O–H groups in total. The standard InChI is InChI=1S/C15H20O4/c1-14(8-16)6-3-7-15(2)10(14)5-4-9-11(15)13(18)19-12(9)17/h4,10-11,16H,3,5-8H2,1-2H3. The van der Waals surface area contributed by atoms with Crippen LogP contribution in [-0.4, -0.2) is 23.7 Å². The topological polar surface area (TPSA) is 63.6 Å². The summed E-state index contributed by atoms with van der Waals surface area (Å²) >= 11 is 0. The molecule has 1 saturated heterocycles. The number of carbonyl (C=O) groups is 2. The summed E-state index contributed by atoms with van der Waals surface area (Å²) in [5.41, 5.74) is 0.121. The number of hydrogen-bond donors (Lipinski definition) is 1. The molecule has 0 aromatic rings. The SMILES string of the molecule is CC1(CO)CCCC2(C)C3C(=O)OC(=O)C3=CCC12. The quantitative estimate of drug-likeness (QED) is 0.579. The van der Waals surface area contributed by atoms with Gasteiger partial charge in [-0.2, -0.15) is 0 Å². The Labute approximate surface area is 112 Å². The zero-order valence-electron chi connectivity index (χ0n) is 11.4. The van der Waals surface area contributed by atoms with E-state index in [0.29, 0.717) is 5.57 Å². The smallest absolute Gasteiger partial charge is 0.342 e. The molecule has 4 atom stereocenters. The van der Waals surface area contributed by atoms with Crippen molar-refractivity contribution in [2.45, 2.75) is 39.5 Å². The molecule has 0 bridgehead atoms.